The topological polar surface area (TPSA) is 38.0 Å². The van der Waals surface area contributed by atoms with Crippen LogP contribution in [0.15, 0.2) is 0 Å². The number of thioether (sulfide) groups is 1. The Morgan fingerprint density at radius 1 is 1.83 bits per heavy atom. The zero-order valence-electron chi connectivity index (χ0n) is 3.64. The van der Waals surface area contributed by atoms with Crippen LogP contribution >= 0.6 is 11.8 Å². The fraction of sp³-hybridized carbons (Fsp3) is 1.00. The predicted octanol–water partition coefficient (Wildman–Crippen LogP) is -0.437. The van der Waals surface area contributed by atoms with Gasteiger partial charge in [0.25, 0.3) is 0 Å². The van der Waals surface area contributed by atoms with Crippen molar-refractivity contribution < 1.29 is 0 Å². The second kappa shape index (κ2) is 1.40. The molecule has 6 heavy (non-hydrogen) atoms. The Morgan fingerprint density at radius 3 is 2.33 bits per heavy atom. The van der Waals surface area contributed by atoms with Gasteiger partial charge in [-0.15, -0.1) is 11.8 Å². The molecule has 0 spiro atoms. The van der Waals surface area contributed by atoms with Crippen molar-refractivity contribution in [2.24, 2.45) is 5.73 Å². The molecule has 1 aliphatic rings. The third kappa shape index (κ3) is 0.668. The molecule has 2 atom stereocenters. The maximum absolute atomic E-state index is 5.38. The van der Waals surface area contributed by atoms with E-state index >= 15 is 0 Å². The van der Waals surface area contributed by atoms with Crippen LogP contribution in [-0.2, 0) is 0 Å². The molecular formula is C3H8N2S. The van der Waals surface area contributed by atoms with Gasteiger partial charge >= 0.3 is 0 Å². The summed E-state index contributed by atoms with van der Waals surface area (Å²) in [5, 5.41) is 3.94. The van der Waals surface area contributed by atoms with Crippen LogP contribution in [0.1, 0.15) is 0 Å². The van der Waals surface area contributed by atoms with E-state index in [-0.39, 0.29) is 0 Å². The lowest BCUT2D eigenvalue weighted by atomic mass is 10.7. The summed E-state index contributed by atoms with van der Waals surface area (Å²) < 4.78 is 0. The highest BCUT2D eigenvalue weighted by Gasteiger charge is 2.32. The predicted molar refractivity (Wildman–Crippen MR) is 28.4 cm³/mol. The molecule has 1 rings (SSSR count). The summed E-state index contributed by atoms with van der Waals surface area (Å²) in [7, 11) is 1.92. The molecule has 1 heterocycles. The second-order valence-electron chi connectivity index (χ2n) is 1.31. The molecule has 1 fully saturated rings. The van der Waals surface area contributed by atoms with E-state index in [0.29, 0.717) is 10.7 Å². The number of nitrogens with one attached hydrogen (secondary N) is 1. The quantitative estimate of drug-likeness (QED) is 0.443. The lowest BCUT2D eigenvalue weighted by molar-refractivity contribution is 0.790. The molecule has 2 nitrogen and oxygen atoms in total. The van der Waals surface area contributed by atoms with Crippen molar-refractivity contribution in [2.75, 3.05) is 7.05 Å². The van der Waals surface area contributed by atoms with Gasteiger partial charge in [-0.2, -0.15) is 0 Å². The number of rotatable bonds is 1. The summed E-state index contributed by atoms with van der Waals surface area (Å²) in [6, 6.07) is 0. The monoisotopic (exact) mass is 104 g/mol. The van der Waals surface area contributed by atoms with Crippen molar-refractivity contribution in [1.29, 1.82) is 0 Å². The Bertz CT molecular complexity index is 54.8. The molecule has 1 aliphatic heterocycles. The lowest BCUT2D eigenvalue weighted by Crippen LogP contribution is -2.17. The van der Waals surface area contributed by atoms with E-state index in [1.807, 2.05) is 7.05 Å². The molecule has 3 N–H and O–H groups in total. The van der Waals surface area contributed by atoms with Gasteiger partial charge in [0.05, 0.1) is 10.7 Å². The Balaban J connectivity index is 2.09. The molecule has 1 saturated heterocycles. The summed E-state index contributed by atoms with van der Waals surface area (Å²) >= 11 is 1.76. The number of nitrogens with two attached hydrogens (primary N) is 1. The third-order valence-electron chi connectivity index (χ3n) is 0.810. The minimum absolute atomic E-state index is 0.370. The van der Waals surface area contributed by atoms with Crippen LogP contribution in [0.3, 0.4) is 0 Å². The van der Waals surface area contributed by atoms with Gasteiger partial charge in [0.2, 0.25) is 0 Å². The zero-order valence-corrected chi connectivity index (χ0v) is 4.46. The number of hydrogen-bond donors (Lipinski definition) is 2. The Kier molecular flexibility index (Phi) is 1.04. The highest BCUT2D eigenvalue weighted by molar-refractivity contribution is 8.07. The summed E-state index contributed by atoms with van der Waals surface area (Å²) in [5.74, 6) is 0. The Hall–Kier alpha value is 0.270. The van der Waals surface area contributed by atoms with Crippen LogP contribution in [0.25, 0.3) is 0 Å². The smallest absolute Gasteiger partial charge is 0.0795 e. The molecule has 0 saturated carbocycles. The Labute approximate surface area is 41.5 Å². The molecule has 2 unspecified atom stereocenters. The summed E-state index contributed by atoms with van der Waals surface area (Å²) in [6.07, 6.45) is 0. The molecule has 0 aliphatic carbocycles. The van der Waals surface area contributed by atoms with Crippen molar-refractivity contribution in [3.8, 4) is 0 Å². The first-order chi connectivity index (χ1) is 2.84. The fourth-order valence-electron chi connectivity index (χ4n) is 0.356. The summed E-state index contributed by atoms with van der Waals surface area (Å²) in [5.41, 5.74) is 5.38. The molecule has 0 aromatic heterocycles. The lowest BCUT2D eigenvalue weighted by Gasteiger charge is -1.82. The van der Waals surface area contributed by atoms with Crippen LogP contribution < -0.4 is 11.1 Å². The first-order valence-electron chi connectivity index (χ1n) is 1.93. The zero-order chi connectivity index (χ0) is 4.57. The highest BCUT2D eigenvalue weighted by atomic mass is 32.2. The second-order valence-corrected chi connectivity index (χ2v) is 2.63. The van der Waals surface area contributed by atoms with Crippen molar-refractivity contribution in [1.82, 2.24) is 5.32 Å². The molecule has 0 aromatic rings. The molecule has 0 radical (unpaired) electrons. The first-order valence-corrected chi connectivity index (χ1v) is 2.87. The molecule has 0 amide bonds. The van der Waals surface area contributed by atoms with Crippen LogP contribution in [0.4, 0.5) is 0 Å². The average Bonchev–Trinajstić information content (AvgIpc) is 2.19. The van der Waals surface area contributed by atoms with Crippen LogP contribution in [-0.4, -0.2) is 17.8 Å². The maximum atomic E-state index is 5.38. The van der Waals surface area contributed by atoms with E-state index in [4.69, 9.17) is 5.73 Å². The van der Waals surface area contributed by atoms with E-state index in [0.717, 1.165) is 0 Å². The normalized spacial score (nSPS) is 43.0. The van der Waals surface area contributed by atoms with Gasteiger partial charge in [-0.3, -0.25) is 0 Å². The van der Waals surface area contributed by atoms with Crippen molar-refractivity contribution in [2.45, 2.75) is 10.7 Å². The standard InChI is InChI=1S/C3H8N2S/c1-5-3-2(4)6-3/h2-3,5H,4H2,1H3. The van der Waals surface area contributed by atoms with Crippen molar-refractivity contribution in [3.63, 3.8) is 0 Å². The Morgan fingerprint density at radius 2 is 2.33 bits per heavy atom. The number of likely N-dealkylation sites (N-methyl/N-ethyl adjacent to an activating group) is 1. The van der Waals surface area contributed by atoms with Gasteiger partial charge in [0.15, 0.2) is 0 Å². The largest absolute Gasteiger partial charge is 0.317 e. The molecular weight excluding hydrogens is 96.1 g/mol. The minimum Gasteiger partial charge on any atom is -0.317 e. The van der Waals surface area contributed by atoms with E-state index in [1.165, 1.54) is 0 Å². The van der Waals surface area contributed by atoms with Gasteiger partial charge in [0, 0.05) is 0 Å². The average molecular weight is 104 g/mol. The summed E-state index contributed by atoms with van der Waals surface area (Å²) in [6.45, 7) is 0. The fourth-order valence-corrected chi connectivity index (χ4v) is 0.876. The minimum atomic E-state index is 0.370. The van der Waals surface area contributed by atoms with E-state index < -0.39 is 0 Å². The third-order valence-corrected chi connectivity index (χ3v) is 1.90. The van der Waals surface area contributed by atoms with Crippen LogP contribution in [0.5, 0.6) is 0 Å². The van der Waals surface area contributed by atoms with E-state index in [2.05, 4.69) is 5.32 Å². The van der Waals surface area contributed by atoms with Gasteiger partial charge in [-0.25, -0.2) is 0 Å². The van der Waals surface area contributed by atoms with Gasteiger partial charge in [0.1, 0.15) is 0 Å². The molecule has 0 bridgehead atoms. The van der Waals surface area contributed by atoms with Crippen LogP contribution in [0.2, 0.25) is 0 Å². The highest BCUT2D eigenvalue weighted by Crippen LogP contribution is 2.33. The van der Waals surface area contributed by atoms with Crippen molar-refractivity contribution >= 4 is 11.8 Å². The van der Waals surface area contributed by atoms with Gasteiger partial charge in [-0.1, -0.05) is 0 Å². The maximum Gasteiger partial charge on any atom is 0.0795 e. The van der Waals surface area contributed by atoms with Crippen molar-refractivity contribution in [3.05, 3.63) is 0 Å². The first kappa shape index (κ1) is 4.43. The molecule has 3 heteroatoms. The van der Waals surface area contributed by atoms with E-state index in [1.54, 1.807) is 11.8 Å². The van der Waals surface area contributed by atoms with Gasteiger partial charge < -0.3 is 11.1 Å². The molecule has 0 aromatic carbocycles. The SMILES string of the molecule is CNC1SC1N. The molecule has 36 valence electrons. The van der Waals surface area contributed by atoms with Crippen LogP contribution in [0, 0.1) is 0 Å². The van der Waals surface area contributed by atoms with E-state index in [9.17, 15) is 0 Å². The number of hydrogen-bond acceptors (Lipinski definition) is 3. The summed E-state index contributed by atoms with van der Waals surface area (Å²) in [4.78, 5) is 0. The van der Waals surface area contributed by atoms with Gasteiger partial charge in [-0.05, 0) is 7.05 Å².